The van der Waals surface area contributed by atoms with Gasteiger partial charge in [0.15, 0.2) is 0 Å². The Hall–Kier alpha value is -1.26. The van der Waals surface area contributed by atoms with Crippen LogP contribution in [-0.2, 0) is 6.18 Å². The quantitative estimate of drug-likeness (QED) is 0.776. The fourth-order valence-corrected chi connectivity index (χ4v) is 2.37. The highest BCUT2D eigenvalue weighted by Gasteiger charge is 2.31. The zero-order chi connectivity index (χ0) is 13.3. The summed E-state index contributed by atoms with van der Waals surface area (Å²) >= 11 is 0. The molecule has 1 saturated carbocycles. The van der Waals surface area contributed by atoms with Gasteiger partial charge in [-0.05, 0) is 43.4 Å². The van der Waals surface area contributed by atoms with Gasteiger partial charge in [-0.15, -0.1) is 0 Å². The predicted octanol–water partition coefficient (Wildman–Crippen LogP) is 4.45. The van der Waals surface area contributed by atoms with Crippen LogP contribution in [0.3, 0.4) is 0 Å². The topological polar surface area (TPSA) is 12.0 Å². The molecule has 0 saturated heterocycles. The van der Waals surface area contributed by atoms with Gasteiger partial charge >= 0.3 is 6.18 Å². The van der Waals surface area contributed by atoms with Crippen molar-refractivity contribution in [3.05, 3.63) is 29.6 Å². The van der Waals surface area contributed by atoms with E-state index in [1.54, 1.807) is 0 Å². The summed E-state index contributed by atoms with van der Waals surface area (Å²) in [5, 5.41) is 2.98. The van der Waals surface area contributed by atoms with Crippen molar-refractivity contribution in [3.63, 3.8) is 0 Å². The summed E-state index contributed by atoms with van der Waals surface area (Å²) in [5.74, 6) is -0.260. The minimum absolute atomic E-state index is 0.155. The van der Waals surface area contributed by atoms with Gasteiger partial charge in [0.1, 0.15) is 5.82 Å². The van der Waals surface area contributed by atoms with Crippen LogP contribution in [0.15, 0.2) is 18.2 Å². The molecule has 5 heteroatoms. The van der Waals surface area contributed by atoms with Crippen LogP contribution in [0.2, 0.25) is 0 Å². The number of hydrogen-bond acceptors (Lipinski definition) is 1. The van der Waals surface area contributed by atoms with E-state index >= 15 is 0 Å². The lowest BCUT2D eigenvalue weighted by atomic mass is 10.1. The first-order valence-electron chi connectivity index (χ1n) is 5.99. The molecule has 1 fully saturated rings. The van der Waals surface area contributed by atoms with E-state index in [4.69, 9.17) is 0 Å². The van der Waals surface area contributed by atoms with Crippen LogP contribution < -0.4 is 5.32 Å². The Morgan fingerprint density at radius 3 is 2.44 bits per heavy atom. The van der Waals surface area contributed by atoms with Crippen molar-refractivity contribution in [1.82, 2.24) is 0 Å². The molecule has 1 nitrogen and oxygen atoms in total. The third-order valence-corrected chi connectivity index (χ3v) is 3.35. The molecule has 2 atom stereocenters. The average molecular weight is 261 g/mol. The van der Waals surface area contributed by atoms with Gasteiger partial charge in [-0.3, -0.25) is 0 Å². The molecule has 2 rings (SSSR count). The molecule has 2 unspecified atom stereocenters. The molecule has 1 aromatic rings. The zero-order valence-corrected chi connectivity index (χ0v) is 10.0. The van der Waals surface area contributed by atoms with Gasteiger partial charge in [0.05, 0.1) is 11.3 Å². The highest BCUT2D eigenvalue weighted by atomic mass is 19.4. The van der Waals surface area contributed by atoms with E-state index < -0.39 is 17.6 Å². The van der Waals surface area contributed by atoms with E-state index in [0.29, 0.717) is 12.0 Å². The molecule has 1 aliphatic rings. The van der Waals surface area contributed by atoms with Crippen molar-refractivity contribution in [2.24, 2.45) is 5.92 Å². The molecule has 0 aliphatic heterocycles. The van der Waals surface area contributed by atoms with Crippen LogP contribution >= 0.6 is 0 Å². The van der Waals surface area contributed by atoms with Gasteiger partial charge in [-0.2, -0.15) is 13.2 Å². The summed E-state index contributed by atoms with van der Waals surface area (Å²) < 4.78 is 50.7. The predicted molar refractivity (Wildman–Crippen MR) is 61.8 cm³/mol. The van der Waals surface area contributed by atoms with E-state index in [2.05, 4.69) is 12.2 Å². The molecule has 1 N–H and O–H groups in total. The van der Waals surface area contributed by atoms with E-state index in [1.807, 2.05) is 0 Å². The lowest BCUT2D eigenvalue weighted by molar-refractivity contribution is -0.137. The summed E-state index contributed by atoms with van der Waals surface area (Å²) in [6.45, 7) is 2.12. The molecular weight excluding hydrogens is 246 g/mol. The lowest BCUT2D eigenvalue weighted by Gasteiger charge is -2.15. The number of rotatable bonds is 2. The molecule has 0 spiro atoms. The largest absolute Gasteiger partial charge is 0.416 e. The molecule has 1 aliphatic carbocycles. The summed E-state index contributed by atoms with van der Waals surface area (Å²) in [5.41, 5.74) is -0.799. The van der Waals surface area contributed by atoms with Crippen LogP contribution in [0.25, 0.3) is 0 Å². The second-order valence-electron chi connectivity index (χ2n) is 4.95. The van der Waals surface area contributed by atoms with Gasteiger partial charge in [-0.25, -0.2) is 4.39 Å². The Morgan fingerprint density at radius 2 is 1.94 bits per heavy atom. The number of nitrogens with one attached hydrogen (secondary N) is 1. The first-order chi connectivity index (χ1) is 8.36. The van der Waals surface area contributed by atoms with Crippen molar-refractivity contribution in [2.45, 2.75) is 38.4 Å². The fourth-order valence-electron chi connectivity index (χ4n) is 2.37. The van der Waals surface area contributed by atoms with Crippen LogP contribution in [0, 0.1) is 11.7 Å². The van der Waals surface area contributed by atoms with Gasteiger partial charge in [0.25, 0.3) is 0 Å². The maximum atomic E-state index is 13.6. The maximum absolute atomic E-state index is 13.6. The van der Waals surface area contributed by atoms with Gasteiger partial charge in [-0.1, -0.05) is 6.92 Å². The Labute approximate surface area is 103 Å². The lowest BCUT2D eigenvalue weighted by Crippen LogP contribution is -2.16. The third-order valence-electron chi connectivity index (χ3n) is 3.35. The highest BCUT2D eigenvalue weighted by Crippen LogP contribution is 2.33. The molecule has 1 aromatic carbocycles. The number of hydrogen-bond donors (Lipinski definition) is 1. The van der Waals surface area contributed by atoms with E-state index in [9.17, 15) is 17.6 Å². The smallest absolute Gasteiger partial charge is 0.380 e. The monoisotopic (exact) mass is 261 g/mol. The normalized spacial score (nSPS) is 24.3. The molecule has 100 valence electrons. The molecule has 0 aromatic heterocycles. The Kier molecular flexibility index (Phi) is 3.50. The number of halogens is 4. The third kappa shape index (κ3) is 2.94. The summed E-state index contributed by atoms with van der Waals surface area (Å²) in [6, 6.07) is 2.78. The Bertz CT molecular complexity index is 427. The molecular formula is C13H15F4N. The van der Waals surface area contributed by atoms with Crippen LogP contribution in [-0.4, -0.2) is 6.04 Å². The first-order valence-corrected chi connectivity index (χ1v) is 5.99. The van der Waals surface area contributed by atoms with Gasteiger partial charge in [0.2, 0.25) is 0 Å². The molecule has 0 heterocycles. The van der Waals surface area contributed by atoms with Gasteiger partial charge < -0.3 is 5.32 Å². The van der Waals surface area contributed by atoms with Crippen molar-refractivity contribution in [1.29, 1.82) is 0 Å². The first kappa shape index (κ1) is 13.2. The summed E-state index contributed by atoms with van der Waals surface area (Å²) in [7, 11) is 0. The average Bonchev–Trinajstić information content (AvgIpc) is 2.65. The SMILES string of the molecule is CC1CCC(Nc2ccc(C(F)(F)F)cc2F)C1. The van der Waals surface area contributed by atoms with Crippen LogP contribution in [0.1, 0.15) is 31.7 Å². The second-order valence-corrected chi connectivity index (χ2v) is 4.95. The van der Waals surface area contributed by atoms with E-state index in [0.717, 1.165) is 25.3 Å². The standard InChI is InChI=1S/C13H15F4N/c1-8-2-4-10(6-8)18-12-5-3-9(7-11(12)14)13(15,16)17/h3,5,7-8,10,18H,2,4,6H2,1H3. The summed E-state index contributed by atoms with van der Waals surface area (Å²) in [4.78, 5) is 0. The zero-order valence-electron chi connectivity index (χ0n) is 10.0. The maximum Gasteiger partial charge on any atom is 0.416 e. The van der Waals surface area contributed by atoms with Crippen LogP contribution in [0.4, 0.5) is 23.2 Å². The Balaban J connectivity index is 2.10. The molecule has 18 heavy (non-hydrogen) atoms. The second kappa shape index (κ2) is 4.78. The minimum Gasteiger partial charge on any atom is -0.380 e. The van der Waals surface area contributed by atoms with E-state index in [-0.39, 0.29) is 11.7 Å². The van der Waals surface area contributed by atoms with Crippen molar-refractivity contribution >= 4 is 5.69 Å². The van der Waals surface area contributed by atoms with E-state index in [1.165, 1.54) is 6.07 Å². The van der Waals surface area contributed by atoms with Crippen molar-refractivity contribution in [2.75, 3.05) is 5.32 Å². The van der Waals surface area contributed by atoms with Crippen LogP contribution in [0.5, 0.6) is 0 Å². The molecule has 0 amide bonds. The van der Waals surface area contributed by atoms with Crippen molar-refractivity contribution in [3.8, 4) is 0 Å². The van der Waals surface area contributed by atoms with Crippen molar-refractivity contribution < 1.29 is 17.6 Å². The fraction of sp³-hybridized carbons (Fsp3) is 0.538. The highest BCUT2D eigenvalue weighted by molar-refractivity contribution is 5.47. The molecule has 0 radical (unpaired) electrons. The number of anilines is 1. The summed E-state index contributed by atoms with van der Waals surface area (Å²) in [6.07, 6.45) is -1.57. The number of alkyl halides is 3. The van der Waals surface area contributed by atoms with Gasteiger partial charge in [0, 0.05) is 6.04 Å². The Morgan fingerprint density at radius 1 is 1.22 bits per heavy atom. The minimum atomic E-state index is -4.50. The molecule has 0 bridgehead atoms. The number of benzene rings is 1.